The van der Waals surface area contributed by atoms with Gasteiger partial charge in [0.2, 0.25) is 5.91 Å². The molecule has 0 bridgehead atoms. The summed E-state index contributed by atoms with van der Waals surface area (Å²) in [5.41, 5.74) is 4.25. The van der Waals surface area contributed by atoms with Crippen molar-refractivity contribution >= 4 is 22.6 Å². The minimum atomic E-state index is -0.0526. The van der Waals surface area contributed by atoms with Crippen LogP contribution in [-0.2, 0) is 11.2 Å². The summed E-state index contributed by atoms with van der Waals surface area (Å²) in [5, 5.41) is 9.11. The first-order valence-corrected chi connectivity index (χ1v) is 7.11. The Labute approximate surface area is 126 Å². The lowest BCUT2D eigenvalue weighted by Gasteiger charge is -2.15. The maximum atomic E-state index is 12.0. The van der Waals surface area contributed by atoms with Gasteiger partial charge in [0.05, 0.1) is 24.1 Å². The lowest BCUT2D eigenvalue weighted by molar-refractivity contribution is -0.117. The number of hydrogen-bond acceptors (Lipinski definition) is 4. The molecule has 4 rings (SSSR count). The zero-order valence-electron chi connectivity index (χ0n) is 11.8. The summed E-state index contributed by atoms with van der Waals surface area (Å²) in [7, 11) is 0. The van der Waals surface area contributed by atoms with Crippen LogP contribution in [0.2, 0.25) is 0 Å². The number of aromatic nitrogens is 3. The number of nitrogens with one attached hydrogen (secondary N) is 1. The van der Waals surface area contributed by atoms with E-state index in [-0.39, 0.29) is 12.5 Å². The Hall–Kier alpha value is -2.73. The fourth-order valence-corrected chi connectivity index (χ4v) is 2.85. The molecular weight excluding hydrogens is 280 g/mol. The lowest BCUT2D eigenvalue weighted by atomic mass is 10.1. The predicted molar refractivity (Wildman–Crippen MR) is 82.5 cm³/mol. The molecule has 0 fully saturated rings. The molecule has 0 saturated heterocycles. The van der Waals surface area contributed by atoms with E-state index in [0.29, 0.717) is 18.8 Å². The second kappa shape index (κ2) is 4.92. The monoisotopic (exact) mass is 294 g/mol. The Balaban J connectivity index is 1.82. The molecule has 6 heteroatoms. The van der Waals surface area contributed by atoms with Gasteiger partial charge in [0, 0.05) is 18.4 Å². The topological polar surface area (TPSA) is 82.1 Å². The number of H-pyrrole nitrogens is 1. The quantitative estimate of drug-likeness (QED) is 0.767. The summed E-state index contributed by atoms with van der Waals surface area (Å²) in [4.78, 5) is 25.7. The van der Waals surface area contributed by atoms with Gasteiger partial charge in [0.1, 0.15) is 5.69 Å². The summed E-state index contributed by atoms with van der Waals surface area (Å²) in [6.45, 7) is 0.262. The van der Waals surface area contributed by atoms with Crippen molar-refractivity contribution in [2.45, 2.75) is 6.42 Å². The predicted octanol–water partition coefficient (Wildman–Crippen LogP) is 1.51. The van der Waals surface area contributed by atoms with E-state index in [1.54, 1.807) is 11.1 Å². The largest absolute Gasteiger partial charge is 0.395 e. The molecular formula is C16H14N4O2. The normalized spacial score (nSPS) is 13.9. The molecule has 0 spiro atoms. The fourth-order valence-electron chi connectivity index (χ4n) is 2.85. The maximum Gasteiger partial charge on any atom is 0.231 e. The van der Waals surface area contributed by atoms with Crippen molar-refractivity contribution in [3.8, 4) is 11.5 Å². The van der Waals surface area contributed by atoms with Crippen molar-refractivity contribution in [3.63, 3.8) is 0 Å². The van der Waals surface area contributed by atoms with Crippen LogP contribution in [0.1, 0.15) is 5.56 Å². The fraction of sp³-hybridized carbons (Fsp3) is 0.188. The Bertz CT molecular complexity index is 857. The summed E-state index contributed by atoms with van der Waals surface area (Å²) < 4.78 is 0. The molecule has 1 amide bonds. The second-order valence-corrected chi connectivity index (χ2v) is 5.24. The minimum absolute atomic E-state index is 0.0154. The molecule has 0 atom stereocenters. The van der Waals surface area contributed by atoms with Crippen molar-refractivity contribution in [2.24, 2.45) is 0 Å². The number of amides is 1. The average Bonchev–Trinajstić information content (AvgIpc) is 3.07. The van der Waals surface area contributed by atoms with Crippen molar-refractivity contribution in [2.75, 3.05) is 18.1 Å². The number of aliphatic hydroxyl groups is 1. The van der Waals surface area contributed by atoms with Crippen LogP contribution in [0.15, 0.2) is 36.5 Å². The molecule has 6 nitrogen and oxygen atoms in total. The van der Waals surface area contributed by atoms with Gasteiger partial charge in [-0.2, -0.15) is 0 Å². The number of β-amino-alcohol motifs (C(OH)–C–C–N with tert-alkyl or cyclic N) is 1. The number of carbonyl (C=O) groups is 1. The highest BCUT2D eigenvalue weighted by molar-refractivity contribution is 6.04. The number of pyridine rings is 1. The standard InChI is InChI=1S/C16H14N4O2/c21-6-5-20-14-9-13-12(7-10(14)8-15(20)22)18-16(19-13)11-3-1-2-4-17-11/h1-4,7,9,21H,5-6,8H2,(H,18,19). The van der Waals surface area contributed by atoms with Gasteiger partial charge in [-0.25, -0.2) is 4.98 Å². The molecule has 1 aromatic carbocycles. The number of benzene rings is 1. The first-order valence-electron chi connectivity index (χ1n) is 7.11. The molecule has 0 saturated carbocycles. The number of aromatic amines is 1. The van der Waals surface area contributed by atoms with Crippen molar-refractivity contribution in [3.05, 3.63) is 42.1 Å². The van der Waals surface area contributed by atoms with Crippen molar-refractivity contribution in [1.29, 1.82) is 0 Å². The summed E-state index contributed by atoms with van der Waals surface area (Å²) >= 11 is 0. The Morgan fingerprint density at radius 1 is 1.32 bits per heavy atom. The molecule has 0 unspecified atom stereocenters. The average molecular weight is 294 g/mol. The van der Waals surface area contributed by atoms with Crippen LogP contribution in [0.3, 0.4) is 0 Å². The highest BCUT2D eigenvalue weighted by atomic mass is 16.3. The van der Waals surface area contributed by atoms with Crippen LogP contribution < -0.4 is 4.90 Å². The van der Waals surface area contributed by atoms with E-state index in [4.69, 9.17) is 5.11 Å². The number of aliphatic hydroxyl groups excluding tert-OH is 1. The summed E-state index contributed by atoms with van der Waals surface area (Å²) in [6, 6.07) is 9.52. The summed E-state index contributed by atoms with van der Waals surface area (Å²) in [5.74, 6) is 0.723. The third kappa shape index (κ3) is 1.96. The Morgan fingerprint density at radius 2 is 2.23 bits per heavy atom. The summed E-state index contributed by atoms with van der Waals surface area (Å²) in [6.07, 6.45) is 2.09. The highest BCUT2D eigenvalue weighted by Crippen LogP contribution is 2.33. The van der Waals surface area contributed by atoms with Gasteiger partial charge in [-0.15, -0.1) is 0 Å². The maximum absolute atomic E-state index is 12.0. The van der Waals surface area contributed by atoms with Gasteiger partial charge in [0.15, 0.2) is 5.82 Å². The van der Waals surface area contributed by atoms with E-state index in [2.05, 4.69) is 15.0 Å². The Kier molecular flexibility index (Phi) is 2.90. The molecule has 0 aliphatic carbocycles. The van der Waals surface area contributed by atoms with E-state index in [9.17, 15) is 4.79 Å². The van der Waals surface area contributed by atoms with Crippen LogP contribution >= 0.6 is 0 Å². The molecule has 2 N–H and O–H groups in total. The minimum Gasteiger partial charge on any atom is -0.395 e. The number of carbonyl (C=O) groups excluding carboxylic acids is 1. The van der Waals surface area contributed by atoms with E-state index in [1.165, 1.54) is 0 Å². The smallest absolute Gasteiger partial charge is 0.231 e. The first kappa shape index (κ1) is 13.0. The number of imidazole rings is 1. The number of nitrogens with zero attached hydrogens (tertiary/aromatic N) is 3. The second-order valence-electron chi connectivity index (χ2n) is 5.24. The van der Waals surface area contributed by atoms with Crippen LogP contribution in [0.4, 0.5) is 5.69 Å². The molecule has 22 heavy (non-hydrogen) atoms. The van der Waals surface area contributed by atoms with E-state index in [1.807, 2.05) is 30.3 Å². The van der Waals surface area contributed by atoms with E-state index in [0.717, 1.165) is 28.0 Å². The molecule has 110 valence electrons. The van der Waals surface area contributed by atoms with Gasteiger partial charge in [-0.05, 0) is 29.8 Å². The third-order valence-corrected chi connectivity index (χ3v) is 3.85. The SMILES string of the molecule is O=C1Cc2cc3[nH]c(-c4ccccn4)nc3cc2N1CCO. The van der Waals surface area contributed by atoms with Gasteiger partial charge < -0.3 is 15.0 Å². The zero-order chi connectivity index (χ0) is 15.1. The van der Waals surface area contributed by atoms with Crippen LogP contribution in [0, 0.1) is 0 Å². The van der Waals surface area contributed by atoms with Gasteiger partial charge in [-0.3, -0.25) is 9.78 Å². The van der Waals surface area contributed by atoms with E-state index >= 15 is 0 Å². The van der Waals surface area contributed by atoms with Gasteiger partial charge >= 0.3 is 0 Å². The molecule has 0 radical (unpaired) electrons. The van der Waals surface area contributed by atoms with Crippen molar-refractivity contribution in [1.82, 2.24) is 15.0 Å². The molecule has 3 aromatic rings. The molecule has 2 aromatic heterocycles. The number of hydrogen-bond donors (Lipinski definition) is 2. The molecule has 1 aliphatic rings. The van der Waals surface area contributed by atoms with Crippen molar-refractivity contribution < 1.29 is 9.90 Å². The zero-order valence-corrected chi connectivity index (χ0v) is 11.8. The third-order valence-electron chi connectivity index (χ3n) is 3.85. The number of fused-ring (bicyclic) bond motifs is 2. The van der Waals surface area contributed by atoms with Gasteiger partial charge in [0.25, 0.3) is 0 Å². The van der Waals surface area contributed by atoms with Gasteiger partial charge in [-0.1, -0.05) is 6.07 Å². The van der Waals surface area contributed by atoms with E-state index < -0.39 is 0 Å². The highest BCUT2D eigenvalue weighted by Gasteiger charge is 2.27. The number of rotatable bonds is 3. The first-order chi connectivity index (χ1) is 10.8. The Morgan fingerprint density at radius 3 is 3.00 bits per heavy atom. The van der Waals surface area contributed by atoms with Crippen LogP contribution in [0.5, 0.6) is 0 Å². The van der Waals surface area contributed by atoms with Crippen LogP contribution in [-0.4, -0.2) is 39.1 Å². The van der Waals surface area contributed by atoms with Crippen LogP contribution in [0.25, 0.3) is 22.6 Å². The molecule has 3 heterocycles. The molecule has 1 aliphatic heterocycles. The number of anilines is 1. The lowest BCUT2D eigenvalue weighted by Crippen LogP contribution is -2.29.